The average Bonchev–Trinajstić information content (AvgIpc) is 2.68. The molecule has 0 aliphatic heterocycles. The van der Waals surface area contributed by atoms with Gasteiger partial charge in [0.2, 0.25) is 0 Å². The minimum Gasteiger partial charge on any atom is -0.393 e. The Hall–Kier alpha value is -2.75. The molecular weight excluding hydrogens is 375 g/mol. The molecule has 0 aliphatic rings. The van der Waals surface area contributed by atoms with Gasteiger partial charge in [0.25, 0.3) is 0 Å². The van der Waals surface area contributed by atoms with Crippen molar-refractivity contribution in [1.29, 1.82) is 0 Å². The number of benzene rings is 3. The van der Waals surface area contributed by atoms with Gasteiger partial charge in [-0.25, -0.2) is 4.57 Å². The van der Waals surface area contributed by atoms with Gasteiger partial charge in [0.15, 0.2) is 5.75 Å². The maximum atomic E-state index is 13.3. The van der Waals surface area contributed by atoms with Gasteiger partial charge in [0, 0.05) is 5.56 Å². The van der Waals surface area contributed by atoms with Crippen LogP contribution >= 0.6 is 7.82 Å². The molecule has 5 nitrogen and oxygen atoms in total. The molecule has 0 heterocycles. The number of aryl methyl sites for hydroxylation is 1. The molecule has 28 heavy (non-hydrogen) atoms. The number of rotatable bonds is 8. The van der Waals surface area contributed by atoms with Crippen LogP contribution < -0.4 is 13.9 Å². The van der Waals surface area contributed by atoms with Crippen molar-refractivity contribution in [2.24, 2.45) is 0 Å². The molecular formula is C22H23O5P. The van der Waals surface area contributed by atoms with Crippen molar-refractivity contribution in [3.8, 4) is 17.2 Å². The van der Waals surface area contributed by atoms with E-state index in [1.807, 2.05) is 51.1 Å². The summed E-state index contributed by atoms with van der Waals surface area (Å²) in [5.74, 6) is 1.37. The first-order valence-electron chi connectivity index (χ1n) is 9.01. The Kier molecular flexibility index (Phi) is 6.40. The maximum Gasteiger partial charge on any atom is 0.625 e. The minimum atomic E-state index is -4.12. The van der Waals surface area contributed by atoms with E-state index in [2.05, 4.69) is 0 Å². The fourth-order valence-electron chi connectivity index (χ4n) is 2.55. The zero-order chi connectivity index (χ0) is 20.0. The van der Waals surface area contributed by atoms with Crippen molar-refractivity contribution in [2.75, 3.05) is 0 Å². The van der Waals surface area contributed by atoms with E-state index in [0.29, 0.717) is 17.2 Å². The summed E-state index contributed by atoms with van der Waals surface area (Å²) in [5, 5.41) is 0. The highest BCUT2D eigenvalue weighted by Gasteiger charge is 2.34. The SMILES string of the molecule is Cc1ccc(C(C)C)c(OOP(=O)(Oc2ccccc2)Oc2ccccc2)c1. The van der Waals surface area contributed by atoms with Crippen LogP contribution in [-0.4, -0.2) is 0 Å². The molecule has 0 amide bonds. The monoisotopic (exact) mass is 398 g/mol. The first kappa shape index (κ1) is 20.0. The van der Waals surface area contributed by atoms with Gasteiger partial charge in [-0.05, 0) is 48.7 Å². The molecule has 6 heteroatoms. The maximum absolute atomic E-state index is 13.3. The lowest BCUT2D eigenvalue weighted by Crippen LogP contribution is -2.09. The van der Waals surface area contributed by atoms with Gasteiger partial charge in [0.05, 0.1) is 0 Å². The second-order valence-electron chi connectivity index (χ2n) is 6.61. The lowest BCUT2D eigenvalue weighted by Gasteiger charge is -2.19. The van der Waals surface area contributed by atoms with Gasteiger partial charge in [-0.3, -0.25) is 0 Å². The Morgan fingerprint density at radius 3 is 1.82 bits per heavy atom. The molecule has 146 valence electrons. The smallest absolute Gasteiger partial charge is 0.393 e. The van der Waals surface area contributed by atoms with Crippen LogP contribution in [-0.2, 0) is 9.24 Å². The number of para-hydroxylation sites is 2. The second kappa shape index (κ2) is 8.96. The lowest BCUT2D eigenvalue weighted by atomic mass is 10.0. The first-order valence-corrected chi connectivity index (χ1v) is 10.5. The van der Waals surface area contributed by atoms with Crippen LogP contribution in [0.15, 0.2) is 78.9 Å². The van der Waals surface area contributed by atoms with Gasteiger partial charge in [0.1, 0.15) is 11.5 Å². The van der Waals surface area contributed by atoms with E-state index < -0.39 is 7.82 Å². The number of hydrogen-bond donors (Lipinski definition) is 0. The normalized spacial score (nSPS) is 11.3. The van der Waals surface area contributed by atoms with E-state index in [0.717, 1.165) is 11.1 Å². The number of phosphoric ester groups is 1. The molecule has 3 rings (SSSR count). The van der Waals surface area contributed by atoms with E-state index in [4.69, 9.17) is 18.6 Å². The van der Waals surface area contributed by atoms with Crippen molar-refractivity contribution in [2.45, 2.75) is 26.7 Å². The summed E-state index contributed by atoms with van der Waals surface area (Å²) < 4.78 is 29.7. The van der Waals surface area contributed by atoms with Crippen molar-refractivity contribution in [3.05, 3.63) is 90.0 Å². The van der Waals surface area contributed by atoms with Gasteiger partial charge in [-0.15, -0.1) is 0 Å². The highest BCUT2D eigenvalue weighted by molar-refractivity contribution is 7.49. The third-order valence-electron chi connectivity index (χ3n) is 3.93. The molecule has 0 spiro atoms. The Bertz CT molecular complexity index is 896. The summed E-state index contributed by atoms with van der Waals surface area (Å²) in [5.41, 5.74) is 1.92. The Balaban J connectivity index is 1.85. The summed E-state index contributed by atoms with van der Waals surface area (Å²) in [6, 6.07) is 23.1. The van der Waals surface area contributed by atoms with E-state index in [-0.39, 0.29) is 5.92 Å². The molecule has 3 aromatic rings. The highest BCUT2D eigenvalue weighted by Crippen LogP contribution is 2.50. The quantitative estimate of drug-likeness (QED) is 0.240. The van der Waals surface area contributed by atoms with Crippen LogP contribution in [0.25, 0.3) is 0 Å². The van der Waals surface area contributed by atoms with Crippen LogP contribution in [0, 0.1) is 6.92 Å². The fraction of sp³-hybridized carbons (Fsp3) is 0.182. The summed E-state index contributed by atoms with van der Waals surface area (Å²) in [4.78, 5) is 5.48. The molecule has 0 saturated carbocycles. The van der Waals surface area contributed by atoms with Crippen LogP contribution in [0.2, 0.25) is 0 Å². The summed E-state index contributed by atoms with van der Waals surface area (Å²) in [7, 11) is -4.12. The van der Waals surface area contributed by atoms with Gasteiger partial charge in [-0.2, -0.15) is 0 Å². The van der Waals surface area contributed by atoms with Gasteiger partial charge >= 0.3 is 7.82 Å². The van der Waals surface area contributed by atoms with Crippen LogP contribution in [0.4, 0.5) is 0 Å². The van der Waals surface area contributed by atoms with Crippen LogP contribution in [0.3, 0.4) is 0 Å². The Morgan fingerprint density at radius 2 is 1.32 bits per heavy atom. The Labute approximate surface area is 165 Å². The molecule has 0 atom stereocenters. The van der Waals surface area contributed by atoms with Crippen molar-refractivity contribution < 1.29 is 23.2 Å². The van der Waals surface area contributed by atoms with E-state index in [9.17, 15) is 4.57 Å². The third kappa shape index (κ3) is 5.38. The number of hydrogen-bond acceptors (Lipinski definition) is 5. The predicted octanol–water partition coefficient (Wildman–Crippen LogP) is 6.69. The molecule has 0 aromatic heterocycles. The largest absolute Gasteiger partial charge is 0.625 e. The number of phosphoric acid groups is 1. The molecule has 0 saturated heterocycles. The second-order valence-corrected chi connectivity index (χ2v) is 8.02. The van der Waals surface area contributed by atoms with Crippen molar-refractivity contribution in [3.63, 3.8) is 0 Å². The lowest BCUT2D eigenvalue weighted by molar-refractivity contribution is -0.119. The van der Waals surface area contributed by atoms with E-state index in [1.165, 1.54) is 0 Å². The standard InChI is InChI=1S/C22H23O5P/c1-17(2)21-15-14-18(3)16-22(21)24-27-28(23,25-19-10-6-4-7-11-19)26-20-12-8-5-9-13-20/h4-17H,1-3H3. The molecule has 0 aliphatic carbocycles. The predicted molar refractivity (Wildman–Crippen MR) is 109 cm³/mol. The molecule has 0 radical (unpaired) electrons. The van der Waals surface area contributed by atoms with Crippen molar-refractivity contribution >= 4 is 7.82 Å². The minimum absolute atomic E-state index is 0.198. The summed E-state index contributed by atoms with van der Waals surface area (Å²) in [6.45, 7) is 6.02. The highest BCUT2D eigenvalue weighted by atomic mass is 31.2. The van der Waals surface area contributed by atoms with Gasteiger partial charge < -0.3 is 13.9 Å². The van der Waals surface area contributed by atoms with E-state index in [1.54, 1.807) is 48.5 Å². The average molecular weight is 398 g/mol. The zero-order valence-corrected chi connectivity index (χ0v) is 17.0. The molecule has 0 fully saturated rings. The van der Waals surface area contributed by atoms with E-state index >= 15 is 0 Å². The Morgan fingerprint density at radius 1 is 0.786 bits per heavy atom. The van der Waals surface area contributed by atoms with Gasteiger partial charge in [-0.1, -0.05) is 67.1 Å². The molecule has 0 bridgehead atoms. The van der Waals surface area contributed by atoms with Crippen LogP contribution in [0.5, 0.6) is 17.2 Å². The van der Waals surface area contributed by atoms with Crippen molar-refractivity contribution in [1.82, 2.24) is 0 Å². The van der Waals surface area contributed by atoms with Crippen LogP contribution in [0.1, 0.15) is 30.9 Å². The fourth-order valence-corrected chi connectivity index (χ4v) is 3.58. The molecule has 0 N–H and O–H groups in total. The first-order chi connectivity index (χ1) is 13.5. The molecule has 3 aromatic carbocycles. The topological polar surface area (TPSA) is 54.0 Å². The third-order valence-corrected chi connectivity index (χ3v) is 5.06. The summed E-state index contributed by atoms with van der Waals surface area (Å²) >= 11 is 0. The zero-order valence-electron chi connectivity index (χ0n) is 16.1. The summed E-state index contributed by atoms with van der Waals surface area (Å²) in [6.07, 6.45) is 0. The molecule has 0 unspecified atom stereocenters.